The zero-order valence-corrected chi connectivity index (χ0v) is 17.1. The third kappa shape index (κ3) is 4.46. The van der Waals surface area contributed by atoms with Gasteiger partial charge in [-0.3, -0.25) is 4.57 Å². The molecule has 1 heterocycles. The Labute approximate surface area is 174 Å². The second-order valence-corrected chi connectivity index (χ2v) is 8.03. The predicted molar refractivity (Wildman–Crippen MR) is 116 cm³/mol. The molecule has 3 aromatic carbocycles. The first-order valence-corrected chi connectivity index (χ1v) is 10.5. The summed E-state index contributed by atoms with van der Waals surface area (Å²) in [6, 6.07) is 26.8. The molecular formula is C23H20ClN3S. The largest absolute Gasteiger partial charge is 0.274 e. The molecule has 0 spiro atoms. The monoisotopic (exact) mass is 405 g/mol. The number of thioether (sulfide) groups is 1. The number of aryl methyl sites for hydroxylation is 1. The van der Waals surface area contributed by atoms with Crippen molar-refractivity contribution in [2.45, 2.75) is 24.3 Å². The number of nitrogens with zero attached hydrogens (tertiary/aromatic N) is 3. The number of benzene rings is 3. The van der Waals surface area contributed by atoms with Crippen LogP contribution in [0, 0.1) is 6.92 Å². The van der Waals surface area contributed by atoms with Gasteiger partial charge in [0.25, 0.3) is 0 Å². The number of hydrogen-bond donors (Lipinski definition) is 0. The minimum atomic E-state index is 0.700. The molecule has 0 atom stereocenters. The molecule has 0 fully saturated rings. The van der Waals surface area contributed by atoms with E-state index in [1.165, 1.54) is 16.7 Å². The van der Waals surface area contributed by atoms with Crippen molar-refractivity contribution in [3.8, 4) is 5.69 Å². The van der Waals surface area contributed by atoms with E-state index >= 15 is 0 Å². The number of rotatable bonds is 6. The molecule has 0 aliphatic heterocycles. The van der Waals surface area contributed by atoms with Crippen LogP contribution in [0.15, 0.2) is 84.0 Å². The van der Waals surface area contributed by atoms with Gasteiger partial charge in [0.05, 0.1) is 5.69 Å². The lowest BCUT2D eigenvalue weighted by Gasteiger charge is -2.11. The Morgan fingerprint density at radius 2 is 1.64 bits per heavy atom. The van der Waals surface area contributed by atoms with Crippen LogP contribution < -0.4 is 0 Å². The smallest absolute Gasteiger partial charge is 0.196 e. The highest BCUT2D eigenvalue weighted by molar-refractivity contribution is 7.98. The van der Waals surface area contributed by atoms with Gasteiger partial charge in [-0.15, -0.1) is 10.2 Å². The van der Waals surface area contributed by atoms with E-state index in [9.17, 15) is 0 Å². The van der Waals surface area contributed by atoms with E-state index in [4.69, 9.17) is 11.6 Å². The highest BCUT2D eigenvalue weighted by Gasteiger charge is 2.15. The molecule has 140 valence electrons. The lowest BCUT2D eigenvalue weighted by molar-refractivity contribution is 0.848. The third-order valence-corrected chi connectivity index (χ3v) is 5.70. The van der Waals surface area contributed by atoms with Crippen LogP contribution in [-0.2, 0) is 12.2 Å². The van der Waals surface area contributed by atoms with Crippen molar-refractivity contribution in [2.75, 3.05) is 0 Å². The molecule has 4 rings (SSSR count). The molecule has 28 heavy (non-hydrogen) atoms. The Balaban J connectivity index is 1.66. The summed E-state index contributed by atoms with van der Waals surface area (Å²) < 4.78 is 2.11. The van der Waals surface area contributed by atoms with Crippen LogP contribution in [0.3, 0.4) is 0 Å². The zero-order valence-electron chi connectivity index (χ0n) is 15.5. The second kappa shape index (κ2) is 8.63. The van der Waals surface area contributed by atoms with Gasteiger partial charge in [0.2, 0.25) is 0 Å². The zero-order chi connectivity index (χ0) is 19.3. The Morgan fingerprint density at radius 1 is 0.857 bits per heavy atom. The van der Waals surface area contributed by atoms with Gasteiger partial charge in [-0.1, -0.05) is 89.6 Å². The average Bonchev–Trinajstić information content (AvgIpc) is 3.11. The average molecular weight is 406 g/mol. The normalized spacial score (nSPS) is 10.9. The van der Waals surface area contributed by atoms with Crippen LogP contribution in [0.2, 0.25) is 5.02 Å². The van der Waals surface area contributed by atoms with Gasteiger partial charge in [0, 0.05) is 17.2 Å². The fourth-order valence-electron chi connectivity index (χ4n) is 2.99. The Hall–Kier alpha value is -2.56. The summed E-state index contributed by atoms with van der Waals surface area (Å²) in [5, 5.41) is 10.5. The molecule has 0 aliphatic rings. The summed E-state index contributed by atoms with van der Waals surface area (Å²) in [7, 11) is 0. The molecule has 0 radical (unpaired) electrons. The highest BCUT2D eigenvalue weighted by Crippen LogP contribution is 2.27. The molecule has 4 aromatic rings. The van der Waals surface area contributed by atoms with Crippen molar-refractivity contribution in [1.82, 2.24) is 14.8 Å². The SMILES string of the molecule is Cc1ccc(CSc2nnc(Cc3ccccc3)n2-c2cccc(Cl)c2)cc1. The van der Waals surface area contributed by atoms with Crippen LogP contribution in [0.4, 0.5) is 0 Å². The standard InChI is InChI=1S/C23H20ClN3S/c1-17-10-12-19(13-11-17)16-28-23-26-25-22(14-18-6-3-2-4-7-18)27(23)21-9-5-8-20(24)15-21/h2-13,15H,14,16H2,1H3. The van der Waals surface area contributed by atoms with Gasteiger partial charge in [-0.05, 0) is 36.2 Å². The van der Waals surface area contributed by atoms with Crippen LogP contribution >= 0.6 is 23.4 Å². The molecule has 1 aromatic heterocycles. The van der Waals surface area contributed by atoms with Gasteiger partial charge in [0.1, 0.15) is 5.82 Å². The lowest BCUT2D eigenvalue weighted by atomic mass is 10.1. The Morgan fingerprint density at radius 3 is 2.39 bits per heavy atom. The van der Waals surface area contributed by atoms with Crippen LogP contribution in [0.1, 0.15) is 22.5 Å². The molecule has 5 heteroatoms. The van der Waals surface area contributed by atoms with Gasteiger partial charge in [0.15, 0.2) is 5.16 Å². The summed E-state index contributed by atoms with van der Waals surface area (Å²) in [6.07, 6.45) is 0.714. The first kappa shape index (κ1) is 18.8. The fraction of sp³-hybridized carbons (Fsp3) is 0.130. The highest BCUT2D eigenvalue weighted by atomic mass is 35.5. The topological polar surface area (TPSA) is 30.7 Å². The fourth-order valence-corrected chi connectivity index (χ4v) is 4.10. The summed E-state index contributed by atoms with van der Waals surface area (Å²) >= 11 is 7.94. The van der Waals surface area contributed by atoms with Gasteiger partial charge >= 0.3 is 0 Å². The third-order valence-electron chi connectivity index (χ3n) is 4.46. The lowest BCUT2D eigenvalue weighted by Crippen LogP contribution is -2.04. The molecular weight excluding hydrogens is 386 g/mol. The minimum absolute atomic E-state index is 0.700. The molecule has 0 N–H and O–H groups in total. The molecule has 0 unspecified atom stereocenters. The summed E-state index contributed by atoms with van der Waals surface area (Å²) in [5.41, 5.74) is 4.71. The number of halogens is 1. The first-order chi connectivity index (χ1) is 13.7. The molecule has 0 saturated carbocycles. The molecule has 0 aliphatic carbocycles. The first-order valence-electron chi connectivity index (χ1n) is 9.11. The minimum Gasteiger partial charge on any atom is -0.274 e. The van der Waals surface area contributed by atoms with Gasteiger partial charge < -0.3 is 0 Å². The maximum Gasteiger partial charge on any atom is 0.196 e. The van der Waals surface area contributed by atoms with Crippen molar-refractivity contribution in [1.29, 1.82) is 0 Å². The van der Waals surface area contributed by atoms with E-state index in [1.54, 1.807) is 11.8 Å². The molecule has 0 amide bonds. The number of hydrogen-bond acceptors (Lipinski definition) is 3. The summed E-state index contributed by atoms with van der Waals surface area (Å²) in [5.74, 6) is 1.74. The molecule has 0 bridgehead atoms. The van der Waals surface area contributed by atoms with E-state index < -0.39 is 0 Å². The van der Waals surface area contributed by atoms with Gasteiger partial charge in [-0.2, -0.15) is 0 Å². The Bertz CT molecular complexity index is 1060. The van der Waals surface area contributed by atoms with Crippen molar-refractivity contribution >= 4 is 23.4 Å². The van der Waals surface area contributed by atoms with Crippen LogP contribution in [-0.4, -0.2) is 14.8 Å². The molecule has 3 nitrogen and oxygen atoms in total. The van der Waals surface area contributed by atoms with E-state index in [-0.39, 0.29) is 0 Å². The summed E-state index contributed by atoms with van der Waals surface area (Å²) in [6.45, 7) is 2.10. The maximum atomic E-state index is 6.25. The Kier molecular flexibility index (Phi) is 5.79. The van der Waals surface area contributed by atoms with Crippen LogP contribution in [0.5, 0.6) is 0 Å². The van der Waals surface area contributed by atoms with Crippen LogP contribution in [0.25, 0.3) is 5.69 Å². The summed E-state index contributed by atoms with van der Waals surface area (Å²) in [4.78, 5) is 0. The van der Waals surface area contributed by atoms with Crippen molar-refractivity contribution < 1.29 is 0 Å². The number of aromatic nitrogens is 3. The van der Waals surface area contributed by atoms with Crippen molar-refractivity contribution in [3.63, 3.8) is 0 Å². The van der Waals surface area contributed by atoms with E-state index in [0.29, 0.717) is 11.4 Å². The van der Waals surface area contributed by atoms with E-state index in [0.717, 1.165) is 22.4 Å². The second-order valence-electron chi connectivity index (χ2n) is 6.65. The quantitative estimate of drug-likeness (QED) is 0.362. The predicted octanol–water partition coefficient (Wildman–Crippen LogP) is 6.11. The van der Waals surface area contributed by atoms with E-state index in [1.807, 2.05) is 42.5 Å². The van der Waals surface area contributed by atoms with Crippen molar-refractivity contribution in [3.05, 3.63) is 106 Å². The van der Waals surface area contributed by atoms with Gasteiger partial charge in [-0.25, -0.2) is 0 Å². The van der Waals surface area contributed by atoms with E-state index in [2.05, 4.69) is 58.1 Å². The maximum absolute atomic E-state index is 6.25. The van der Waals surface area contributed by atoms with Crippen molar-refractivity contribution in [2.24, 2.45) is 0 Å². The molecule has 0 saturated heterocycles.